The van der Waals surface area contributed by atoms with E-state index in [-0.39, 0.29) is 34.6 Å². The summed E-state index contributed by atoms with van der Waals surface area (Å²) in [6.07, 6.45) is 2.73. The highest BCUT2D eigenvalue weighted by Gasteiger charge is 2.50. The molecule has 0 saturated heterocycles. The number of hydrogen-bond acceptors (Lipinski definition) is 4. The van der Waals surface area contributed by atoms with E-state index in [1.807, 2.05) is 17.5 Å². The highest BCUT2D eigenvalue weighted by molar-refractivity contribution is 7.10. The standard InChI is InChI=1S/C23H20ClF2N3O2S/c24-15-5-1-4-14(12-15)23(25,26)21(31)29-10-2-6-17-16(13-29)19(30)28-20(27-17)22(8-9-22)18-7-3-11-32-18/h1,3-5,7,11-12H,2,6,8-10,13H2,(H,27,28,30). The monoisotopic (exact) mass is 475 g/mol. The fourth-order valence-electron chi connectivity index (χ4n) is 4.30. The third-order valence-corrected chi connectivity index (χ3v) is 7.54. The quantitative estimate of drug-likeness (QED) is 0.598. The van der Waals surface area contributed by atoms with Crippen LogP contribution in [0.5, 0.6) is 0 Å². The number of nitrogens with zero attached hydrogens (tertiary/aromatic N) is 2. The number of alkyl halides is 2. The highest BCUT2D eigenvalue weighted by Crippen LogP contribution is 2.53. The first-order chi connectivity index (χ1) is 15.3. The van der Waals surface area contributed by atoms with Crippen molar-refractivity contribution in [3.8, 4) is 0 Å². The Kier molecular flexibility index (Phi) is 5.17. The maximum atomic E-state index is 15.0. The molecule has 3 aromatic rings. The number of carbonyl (C=O) groups is 1. The molecule has 2 aliphatic rings. The molecule has 1 amide bonds. The van der Waals surface area contributed by atoms with Gasteiger partial charge in [-0.3, -0.25) is 9.59 Å². The molecule has 1 fully saturated rings. The summed E-state index contributed by atoms with van der Waals surface area (Å²) in [7, 11) is 0. The van der Waals surface area contributed by atoms with Gasteiger partial charge in [0.2, 0.25) is 0 Å². The van der Waals surface area contributed by atoms with Crippen LogP contribution in [-0.4, -0.2) is 27.3 Å². The first-order valence-electron chi connectivity index (χ1n) is 10.4. The van der Waals surface area contributed by atoms with E-state index >= 15 is 0 Å². The Morgan fingerprint density at radius 3 is 2.75 bits per heavy atom. The Bertz CT molecular complexity index is 1240. The van der Waals surface area contributed by atoms with Crippen molar-refractivity contribution in [1.82, 2.24) is 14.9 Å². The Hall–Kier alpha value is -2.58. The van der Waals surface area contributed by atoms with Gasteiger partial charge in [0.1, 0.15) is 5.82 Å². The molecule has 2 aromatic heterocycles. The molecular formula is C23H20ClF2N3O2S. The van der Waals surface area contributed by atoms with Crippen molar-refractivity contribution in [2.24, 2.45) is 0 Å². The van der Waals surface area contributed by atoms with Gasteiger partial charge in [0, 0.05) is 22.0 Å². The van der Waals surface area contributed by atoms with Gasteiger partial charge in [-0.1, -0.05) is 29.8 Å². The molecule has 1 aliphatic heterocycles. The molecule has 1 N–H and O–H groups in total. The second-order valence-electron chi connectivity index (χ2n) is 8.31. The van der Waals surface area contributed by atoms with Crippen molar-refractivity contribution >= 4 is 28.8 Å². The van der Waals surface area contributed by atoms with Crippen molar-refractivity contribution in [2.45, 2.75) is 43.6 Å². The maximum absolute atomic E-state index is 15.0. The lowest BCUT2D eigenvalue weighted by atomic mass is 10.0. The molecule has 9 heteroatoms. The molecule has 5 nitrogen and oxygen atoms in total. The van der Waals surface area contributed by atoms with Crippen LogP contribution in [0.3, 0.4) is 0 Å². The second-order valence-corrected chi connectivity index (χ2v) is 9.70. The van der Waals surface area contributed by atoms with Gasteiger partial charge in [0.25, 0.3) is 11.5 Å². The van der Waals surface area contributed by atoms with Gasteiger partial charge in [-0.05, 0) is 49.3 Å². The van der Waals surface area contributed by atoms with Gasteiger partial charge in [0.15, 0.2) is 0 Å². The van der Waals surface area contributed by atoms with Crippen LogP contribution in [0, 0.1) is 0 Å². The molecule has 3 heterocycles. The zero-order chi connectivity index (χ0) is 22.5. The Morgan fingerprint density at radius 2 is 2.06 bits per heavy atom. The number of aromatic nitrogens is 2. The minimum atomic E-state index is -3.74. The van der Waals surface area contributed by atoms with Crippen LogP contribution < -0.4 is 5.56 Å². The number of rotatable bonds is 4. The van der Waals surface area contributed by atoms with Crippen LogP contribution in [0.15, 0.2) is 46.6 Å². The van der Waals surface area contributed by atoms with Gasteiger partial charge >= 0.3 is 5.92 Å². The SMILES string of the molecule is O=C(N1CCCc2nc(C3(c4cccs4)CC3)[nH]c(=O)c2C1)C(F)(F)c1cccc(Cl)c1. The largest absolute Gasteiger partial charge is 0.350 e. The molecule has 0 spiro atoms. The number of nitrogens with one attached hydrogen (secondary N) is 1. The number of H-pyrrole nitrogens is 1. The minimum Gasteiger partial charge on any atom is -0.333 e. The average Bonchev–Trinajstić information content (AvgIpc) is 3.46. The molecule has 0 radical (unpaired) electrons. The summed E-state index contributed by atoms with van der Waals surface area (Å²) in [4.78, 5) is 35.6. The predicted octanol–water partition coefficient (Wildman–Crippen LogP) is 4.63. The number of fused-ring (bicyclic) bond motifs is 1. The normalized spacial score (nSPS) is 17.5. The van der Waals surface area contributed by atoms with Crippen molar-refractivity contribution in [1.29, 1.82) is 0 Å². The van der Waals surface area contributed by atoms with Crippen LogP contribution in [0.2, 0.25) is 5.02 Å². The molecule has 1 saturated carbocycles. The first kappa shape index (κ1) is 21.3. The fourth-order valence-corrected chi connectivity index (χ4v) is 5.48. The number of benzene rings is 1. The molecule has 0 atom stereocenters. The lowest BCUT2D eigenvalue weighted by molar-refractivity contribution is -0.159. The second kappa shape index (κ2) is 7.78. The maximum Gasteiger partial charge on any atom is 0.350 e. The fraction of sp³-hybridized carbons (Fsp3) is 0.348. The lowest BCUT2D eigenvalue weighted by Crippen LogP contribution is -2.42. The van der Waals surface area contributed by atoms with Gasteiger partial charge in [-0.2, -0.15) is 8.78 Å². The summed E-state index contributed by atoms with van der Waals surface area (Å²) in [6.45, 7) is -0.0743. The number of hydrogen-bond donors (Lipinski definition) is 1. The number of halogens is 3. The predicted molar refractivity (Wildman–Crippen MR) is 118 cm³/mol. The topological polar surface area (TPSA) is 66.1 Å². The van der Waals surface area contributed by atoms with Crippen molar-refractivity contribution < 1.29 is 13.6 Å². The average molecular weight is 476 g/mol. The molecule has 5 rings (SSSR count). The summed E-state index contributed by atoms with van der Waals surface area (Å²) in [5, 5.41) is 2.13. The zero-order valence-corrected chi connectivity index (χ0v) is 18.6. The Morgan fingerprint density at radius 1 is 1.25 bits per heavy atom. The van der Waals surface area contributed by atoms with Crippen molar-refractivity contribution in [3.05, 3.63) is 84.7 Å². The summed E-state index contributed by atoms with van der Waals surface area (Å²) in [5.74, 6) is -4.45. The number of aryl methyl sites for hydroxylation is 1. The minimum absolute atomic E-state index is 0.121. The zero-order valence-electron chi connectivity index (χ0n) is 17.0. The molecular weight excluding hydrogens is 456 g/mol. The molecule has 0 bridgehead atoms. The lowest BCUT2D eigenvalue weighted by Gasteiger charge is -2.26. The number of carbonyl (C=O) groups excluding carboxylic acids is 1. The van der Waals surface area contributed by atoms with Crippen LogP contribution in [0.25, 0.3) is 0 Å². The molecule has 32 heavy (non-hydrogen) atoms. The van der Waals surface area contributed by atoms with Gasteiger partial charge < -0.3 is 9.88 Å². The van der Waals surface area contributed by atoms with Gasteiger partial charge in [0.05, 0.1) is 23.2 Å². The van der Waals surface area contributed by atoms with Crippen LogP contribution in [0.4, 0.5) is 8.78 Å². The number of amides is 1. The molecule has 166 valence electrons. The van der Waals surface area contributed by atoms with E-state index in [4.69, 9.17) is 16.6 Å². The van der Waals surface area contributed by atoms with Crippen molar-refractivity contribution in [2.75, 3.05) is 6.54 Å². The summed E-state index contributed by atoms with van der Waals surface area (Å²) < 4.78 is 29.9. The van der Waals surface area contributed by atoms with E-state index in [0.717, 1.165) is 28.7 Å². The van der Waals surface area contributed by atoms with Crippen LogP contribution >= 0.6 is 22.9 Å². The highest BCUT2D eigenvalue weighted by atomic mass is 35.5. The van der Waals surface area contributed by atoms with Gasteiger partial charge in [-0.25, -0.2) is 4.98 Å². The van der Waals surface area contributed by atoms with Crippen LogP contribution in [-0.2, 0) is 29.1 Å². The van der Waals surface area contributed by atoms with E-state index < -0.39 is 17.4 Å². The van der Waals surface area contributed by atoms with Crippen LogP contribution in [0.1, 0.15) is 46.8 Å². The Labute approximate surface area is 192 Å². The van der Waals surface area contributed by atoms with Gasteiger partial charge in [-0.15, -0.1) is 11.3 Å². The smallest absolute Gasteiger partial charge is 0.333 e. The third-order valence-electron chi connectivity index (χ3n) is 6.23. The first-order valence-corrected chi connectivity index (χ1v) is 11.7. The molecule has 1 aromatic carbocycles. The number of aromatic amines is 1. The van der Waals surface area contributed by atoms with E-state index in [9.17, 15) is 18.4 Å². The van der Waals surface area contributed by atoms with E-state index in [2.05, 4.69) is 4.98 Å². The van der Waals surface area contributed by atoms with E-state index in [1.54, 1.807) is 11.3 Å². The Balaban J connectivity index is 1.45. The van der Waals surface area contributed by atoms with E-state index in [1.165, 1.54) is 18.2 Å². The van der Waals surface area contributed by atoms with Crippen molar-refractivity contribution in [3.63, 3.8) is 0 Å². The van der Waals surface area contributed by atoms with E-state index in [0.29, 0.717) is 24.4 Å². The summed E-state index contributed by atoms with van der Waals surface area (Å²) >= 11 is 7.47. The third kappa shape index (κ3) is 3.55. The molecule has 0 unspecified atom stereocenters. The number of thiophene rings is 1. The summed E-state index contributed by atoms with van der Waals surface area (Å²) in [6, 6.07) is 9.14. The summed E-state index contributed by atoms with van der Waals surface area (Å²) in [5.41, 5.74) is -0.215. The molecule has 1 aliphatic carbocycles.